The zero-order valence-corrected chi connectivity index (χ0v) is 8.46. The van der Waals surface area contributed by atoms with Crippen LogP contribution in [0.25, 0.3) is 0 Å². The minimum Gasteiger partial charge on any atom is -0.396 e. The number of aliphatic hydroxyl groups is 1. The summed E-state index contributed by atoms with van der Waals surface area (Å²) < 4.78 is 36.9. The van der Waals surface area contributed by atoms with Crippen LogP contribution < -0.4 is 5.32 Å². The maximum absolute atomic E-state index is 12.3. The molecular formula is C11H12F3NO. The Morgan fingerprint density at radius 1 is 1.25 bits per heavy atom. The van der Waals surface area contributed by atoms with Crippen molar-refractivity contribution in [3.63, 3.8) is 0 Å². The lowest BCUT2D eigenvalue weighted by molar-refractivity contribution is -0.137. The van der Waals surface area contributed by atoms with E-state index in [0.29, 0.717) is 6.54 Å². The Kier molecular flexibility index (Phi) is 2.90. The van der Waals surface area contributed by atoms with E-state index >= 15 is 0 Å². The summed E-state index contributed by atoms with van der Waals surface area (Å²) in [5, 5.41) is 12.1. The quantitative estimate of drug-likeness (QED) is 0.815. The number of aliphatic hydroxyl groups excluding tert-OH is 1. The van der Waals surface area contributed by atoms with Crippen molar-refractivity contribution < 1.29 is 18.3 Å². The van der Waals surface area contributed by atoms with Gasteiger partial charge in [-0.1, -0.05) is 12.1 Å². The van der Waals surface area contributed by atoms with Gasteiger partial charge in [0.05, 0.1) is 5.56 Å². The molecule has 1 aliphatic rings. The lowest BCUT2D eigenvalue weighted by Crippen LogP contribution is -2.47. The molecule has 1 aliphatic heterocycles. The molecule has 0 saturated carbocycles. The van der Waals surface area contributed by atoms with Crippen molar-refractivity contribution in [2.24, 2.45) is 5.92 Å². The highest BCUT2D eigenvalue weighted by atomic mass is 19.4. The van der Waals surface area contributed by atoms with Gasteiger partial charge >= 0.3 is 6.18 Å². The molecule has 2 rings (SSSR count). The molecular weight excluding hydrogens is 219 g/mol. The largest absolute Gasteiger partial charge is 0.416 e. The summed E-state index contributed by atoms with van der Waals surface area (Å²) in [6.45, 7) is 0.765. The fourth-order valence-corrected chi connectivity index (χ4v) is 1.84. The van der Waals surface area contributed by atoms with E-state index in [4.69, 9.17) is 5.11 Å². The lowest BCUT2D eigenvalue weighted by Gasteiger charge is -2.37. The molecule has 1 fully saturated rings. The van der Waals surface area contributed by atoms with Crippen LogP contribution in [0.2, 0.25) is 0 Å². The van der Waals surface area contributed by atoms with Gasteiger partial charge in [0.2, 0.25) is 0 Å². The van der Waals surface area contributed by atoms with E-state index in [9.17, 15) is 13.2 Å². The van der Waals surface area contributed by atoms with Gasteiger partial charge in [-0.3, -0.25) is 0 Å². The highest BCUT2D eigenvalue weighted by Crippen LogP contribution is 2.33. The number of rotatable bonds is 2. The summed E-state index contributed by atoms with van der Waals surface area (Å²) in [7, 11) is 0. The molecule has 0 bridgehead atoms. The molecule has 16 heavy (non-hydrogen) atoms. The van der Waals surface area contributed by atoms with Gasteiger partial charge in [-0.25, -0.2) is 0 Å². The fraction of sp³-hybridized carbons (Fsp3) is 0.455. The second-order valence-corrected chi connectivity index (χ2v) is 3.95. The van der Waals surface area contributed by atoms with Crippen LogP contribution >= 0.6 is 0 Å². The number of halogens is 3. The zero-order valence-electron chi connectivity index (χ0n) is 8.46. The molecule has 1 aromatic carbocycles. The number of nitrogens with one attached hydrogen (secondary N) is 1. The van der Waals surface area contributed by atoms with Gasteiger partial charge in [-0.2, -0.15) is 13.2 Å². The fourth-order valence-electron chi connectivity index (χ4n) is 1.84. The lowest BCUT2D eigenvalue weighted by atomic mass is 9.86. The van der Waals surface area contributed by atoms with Gasteiger partial charge in [0.15, 0.2) is 0 Å². The van der Waals surface area contributed by atoms with Crippen molar-refractivity contribution in [2.75, 3.05) is 13.2 Å². The van der Waals surface area contributed by atoms with E-state index in [0.717, 1.165) is 17.7 Å². The summed E-state index contributed by atoms with van der Waals surface area (Å²) in [6.07, 6.45) is -4.29. The molecule has 88 valence electrons. The standard InChI is InChI=1S/C11H12F3NO/c12-11(13,14)9-3-1-7(2-4-9)10-8(6-16)5-15-10/h1-4,8,10,15-16H,5-6H2. The van der Waals surface area contributed by atoms with Crippen molar-refractivity contribution in [1.82, 2.24) is 5.32 Å². The second kappa shape index (κ2) is 4.07. The molecule has 5 heteroatoms. The molecule has 1 saturated heterocycles. The van der Waals surface area contributed by atoms with Gasteiger partial charge in [0, 0.05) is 25.1 Å². The molecule has 1 aromatic rings. The van der Waals surface area contributed by atoms with Crippen molar-refractivity contribution >= 4 is 0 Å². The molecule has 1 heterocycles. The van der Waals surface area contributed by atoms with Crippen LogP contribution in [0.5, 0.6) is 0 Å². The van der Waals surface area contributed by atoms with E-state index in [1.165, 1.54) is 12.1 Å². The highest BCUT2D eigenvalue weighted by molar-refractivity contribution is 5.28. The first-order chi connectivity index (χ1) is 7.52. The number of hydrogen-bond donors (Lipinski definition) is 2. The summed E-state index contributed by atoms with van der Waals surface area (Å²) in [5.41, 5.74) is 0.148. The Morgan fingerprint density at radius 3 is 2.25 bits per heavy atom. The van der Waals surface area contributed by atoms with E-state index in [1.54, 1.807) is 0 Å². The predicted molar refractivity (Wildman–Crippen MR) is 52.8 cm³/mol. The first-order valence-corrected chi connectivity index (χ1v) is 5.04. The highest BCUT2D eigenvalue weighted by Gasteiger charge is 2.33. The van der Waals surface area contributed by atoms with Crippen LogP contribution in [0, 0.1) is 5.92 Å². The van der Waals surface area contributed by atoms with Crippen LogP contribution in [0.1, 0.15) is 17.2 Å². The SMILES string of the molecule is OCC1CNC1c1ccc(C(F)(F)F)cc1. The molecule has 0 aromatic heterocycles. The summed E-state index contributed by atoms with van der Waals surface area (Å²) in [6, 6.07) is 5.05. The van der Waals surface area contributed by atoms with E-state index in [-0.39, 0.29) is 18.6 Å². The molecule has 2 unspecified atom stereocenters. The third-order valence-electron chi connectivity index (χ3n) is 2.90. The maximum Gasteiger partial charge on any atom is 0.416 e. The third kappa shape index (κ3) is 2.05. The summed E-state index contributed by atoms with van der Waals surface area (Å²) in [5.74, 6) is 0.108. The second-order valence-electron chi connectivity index (χ2n) is 3.95. The minimum atomic E-state index is -4.29. The normalized spacial score (nSPS) is 25.2. The molecule has 0 spiro atoms. The van der Waals surface area contributed by atoms with Crippen molar-refractivity contribution in [3.8, 4) is 0 Å². The first kappa shape index (κ1) is 11.4. The molecule has 2 atom stereocenters. The van der Waals surface area contributed by atoms with Crippen LogP contribution in [0.3, 0.4) is 0 Å². The summed E-state index contributed by atoms with van der Waals surface area (Å²) in [4.78, 5) is 0. The van der Waals surface area contributed by atoms with Crippen LogP contribution in [-0.2, 0) is 6.18 Å². The van der Waals surface area contributed by atoms with Crippen molar-refractivity contribution in [3.05, 3.63) is 35.4 Å². The van der Waals surface area contributed by atoms with E-state index in [1.807, 2.05) is 0 Å². The van der Waals surface area contributed by atoms with Gasteiger partial charge in [0.1, 0.15) is 0 Å². The smallest absolute Gasteiger partial charge is 0.396 e. The molecule has 2 N–H and O–H groups in total. The van der Waals surface area contributed by atoms with Gasteiger partial charge in [-0.15, -0.1) is 0 Å². The number of benzene rings is 1. The van der Waals surface area contributed by atoms with Crippen LogP contribution in [0.15, 0.2) is 24.3 Å². The molecule has 0 radical (unpaired) electrons. The van der Waals surface area contributed by atoms with Crippen LogP contribution in [0.4, 0.5) is 13.2 Å². The number of alkyl halides is 3. The number of hydrogen-bond acceptors (Lipinski definition) is 2. The topological polar surface area (TPSA) is 32.3 Å². The molecule has 2 nitrogen and oxygen atoms in total. The summed E-state index contributed by atoms with van der Waals surface area (Å²) >= 11 is 0. The van der Waals surface area contributed by atoms with Gasteiger partial charge in [-0.05, 0) is 17.7 Å². The minimum absolute atomic E-state index is 0.0210. The zero-order chi connectivity index (χ0) is 11.8. The first-order valence-electron chi connectivity index (χ1n) is 5.04. The van der Waals surface area contributed by atoms with Crippen molar-refractivity contribution in [2.45, 2.75) is 12.2 Å². The molecule has 0 amide bonds. The van der Waals surface area contributed by atoms with Crippen LogP contribution in [-0.4, -0.2) is 18.3 Å². The Balaban J connectivity index is 2.14. The maximum atomic E-state index is 12.3. The van der Waals surface area contributed by atoms with E-state index in [2.05, 4.69) is 5.32 Å². The average Bonchev–Trinajstić information content (AvgIpc) is 2.16. The third-order valence-corrected chi connectivity index (χ3v) is 2.90. The predicted octanol–water partition coefficient (Wildman–Crippen LogP) is 1.96. The Hall–Kier alpha value is -1.07. The van der Waals surface area contributed by atoms with Crippen molar-refractivity contribution in [1.29, 1.82) is 0 Å². The van der Waals surface area contributed by atoms with Gasteiger partial charge < -0.3 is 10.4 Å². The van der Waals surface area contributed by atoms with Gasteiger partial charge in [0.25, 0.3) is 0 Å². The molecule has 0 aliphatic carbocycles. The Labute approximate surface area is 91.1 Å². The average molecular weight is 231 g/mol. The van der Waals surface area contributed by atoms with E-state index < -0.39 is 11.7 Å². The Bertz CT molecular complexity index is 358. The Morgan fingerprint density at radius 2 is 1.88 bits per heavy atom. The monoisotopic (exact) mass is 231 g/mol.